The largest absolute Gasteiger partial charge is 0.317 e. The first-order chi connectivity index (χ1) is 6.83. The highest BCUT2D eigenvalue weighted by Gasteiger charge is 2.36. The Labute approximate surface area is 88.7 Å². The Hall–Kier alpha value is -0.0400. The van der Waals surface area contributed by atoms with E-state index >= 15 is 0 Å². The SMILES string of the molecule is CNC1CCC(C2CCCCC2)C1C. The van der Waals surface area contributed by atoms with E-state index in [1.807, 2.05) is 0 Å². The topological polar surface area (TPSA) is 12.0 Å². The first-order valence-electron chi connectivity index (χ1n) is 6.50. The fraction of sp³-hybridized carbons (Fsp3) is 1.00. The molecule has 2 fully saturated rings. The van der Waals surface area contributed by atoms with Crippen molar-refractivity contribution in [2.75, 3.05) is 7.05 Å². The van der Waals surface area contributed by atoms with Gasteiger partial charge in [0.2, 0.25) is 0 Å². The summed E-state index contributed by atoms with van der Waals surface area (Å²) in [5.74, 6) is 3.02. The van der Waals surface area contributed by atoms with Crippen LogP contribution >= 0.6 is 0 Å². The van der Waals surface area contributed by atoms with E-state index in [2.05, 4.69) is 19.3 Å². The van der Waals surface area contributed by atoms with Crippen molar-refractivity contribution in [2.24, 2.45) is 17.8 Å². The second-order valence-electron chi connectivity index (χ2n) is 5.39. The van der Waals surface area contributed by atoms with Gasteiger partial charge < -0.3 is 5.32 Å². The Bertz CT molecular complexity index is 172. The second kappa shape index (κ2) is 4.65. The average Bonchev–Trinajstić information content (AvgIpc) is 2.61. The van der Waals surface area contributed by atoms with Gasteiger partial charge in [-0.15, -0.1) is 0 Å². The minimum atomic E-state index is 0.807. The molecule has 0 amide bonds. The molecule has 1 N–H and O–H groups in total. The lowest BCUT2D eigenvalue weighted by Gasteiger charge is -2.31. The van der Waals surface area contributed by atoms with Crippen LogP contribution in [0.15, 0.2) is 0 Å². The maximum absolute atomic E-state index is 3.48. The van der Waals surface area contributed by atoms with Crippen molar-refractivity contribution < 1.29 is 0 Å². The maximum atomic E-state index is 3.48. The van der Waals surface area contributed by atoms with Crippen LogP contribution in [0.2, 0.25) is 0 Å². The van der Waals surface area contributed by atoms with Crippen LogP contribution in [0.3, 0.4) is 0 Å². The molecule has 0 aromatic rings. The van der Waals surface area contributed by atoms with Crippen LogP contribution in [-0.4, -0.2) is 13.1 Å². The molecule has 3 atom stereocenters. The minimum absolute atomic E-state index is 0.807. The summed E-state index contributed by atoms with van der Waals surface area (Å²) in [6.07, 6.45) is 10.4. The molecule has 82 valence electrons. The van der Waals surface area contributed by atoms with E-state index in [-0.39, 0.29) is 0 Å². The van der Waals surface area contributed by atoms with E-state index in [1.165, 1.54) is 44.9 Å². The molecule has 0 heterocycles. The highest BCUT2D eigenvalue weighted by atomic mass is 14.9. The monoisotopic (exact) mass is 195 g/mol. The van der Waals surface area contributed by atoms with E-state index in [0.29, 0.717) is 0 Å². The van der Waals surface area contributed by atoms with Crippen molar-refractivity contribution in [1.29, 1.82) is 0 Å². The molecule has 0 saturated heterocycles. The van der Waals surface area contributed by atoms with Gasteiger partial charge in [-0.3, -0.25) is 0 Å². The van der Waals surface area contributed by atoms with Gasteiger partial charge in [0, 0.05) is 6.04 Å². The van der Waals surface area contributed by atoms with Crippen LogP contribution in [0, 0.1) is 17.8 Å². The van der Waals surface area contributed by atoms with Crippen LogP contribution < -0.4 is 5.32 Å². The van der Waals surface area contributed by atoms with Crippen molar-refractivity contribution in [3.05, 3.63) is 0 Å². The summed E-state index contributed by atoms with van der Waals surface area (Å²) in [6.45, 7) is 2.47. The van der Waals surface area contributed by atoms with Crippen molar-refractivity contribution in [1.82, 2.24) is 5.32 Å². The highest BCUT2D eigenvalue weighted by molar-refractivity contribution is 4.90. The molecule has 0 aromatic carbocycles. The molecular weight excluding hydrogens is 170 g/mol. The summed E-state index contributed by atoms with van der Waals surface area (Å²) < 4.78 is 0. The average molecular weight is 195 g/mol. The van der Waals surface area contributed by atoms with Gasteiger partial charge in [0.25, 0.3) is 0 Å². The number of hydrogen-bond acceptors (Lipinski definition) is 1. The molecule has 3 unspecified atom stereocenters. The molecule has 2 aliphatic rings. The molecule has 0 aliphatic heterocycles. The van der Waals surface area contributed by atoms with Gasteiger partial charge in [-0.1, -0.05) is 39.0 Å². The zero-order chi connectivity index (χ0) is 9.97. The highest BCUT2D eigenvalue weighted by Crippen LogP contribution is 2.42. The van der Waals surface area contributed by atoms with E-state index in [1.54, 1.807) is 0 Å². The third-order valence-corrected chi connectivity index (χ3v) is 4.75. The van der Waals surface area contributed by atoms with Crippen molar-refractivity contribution in [3.63, 3.8) is 0 Å². The second-order valence-corrected chi connectivity index (χ2v) is 5.39. The Morgan fingerprint density at radius 2 is 1.64 bits per heavy atom. The summed E-state index contributed by atoms with van der Waals surface area (Å²) in [5, 5.41) is 3.48. The zero-order valence-corrected chi connectivity index (χ0v) is 9.76. The third kappa shape index (κ3) is 1.98. The molecule has 0 aromatic heterocycles. The molecule has 14 heavy (non-hydrogen) atoms. The normalized spacial score (nSPS) is 40.3. The van der Waals surface area contributed by atoms with E-state index < -0.39 is 0 Å². The lowest BCUT2D eigenvalue weighted by molar-refractivity contribution is 0.201. The maximum Gasteiger partial charge on any atom is 0.00925 e. The molecule has 1 heteroatoms. The number of rotatable bonds is 2. The summed E-state index contributed by atoms with van der Waals surface area (Å²) >= 11 is 0. The summed E-state index contributed by atoms with van der Waals surface area (Å²) in [5.41, 5.74) is 0. The van der Waals surface area contributed by atoms with Gasteiger partial charge in [0.05, 0.1) is 0 Å². The van der Waals surface area contributed by atoms with Crippen LogP contribution in [0.4, 0.5) is 0 Å². The molecule has 0 radical (unpaired) electrons. The third-order valence-electron chi connectivity index (χ3n) is 4.75. The van der Waals surface area contributed by atoms with Crippen molar-refractivity contribution in [3.8, 4) is 0 Å². The molecule has 2 rings (SSSR count). The smallest absolute Gasteiger partial charge is 0.00925 e. The molecule has 2 aliphatic carbocycles. The van der Waals surface area contributed by atoms with E-state index in [4.69, 9.17) is 0 Å². The quantitative estimate of drug-likeness (QED) is 0.713. The molecule has 1 nitrogen and oxygen atoms in total. The lowest BCUT2D eigenvalue weighted by Crippen LogP contribution is -2.31. The van der Waals surface area contributed by atoms with Crippen LogP contribution in [-0.2, 0) is 0 Å². The number of nitrogens with one attached hydrogen (secondary N) is 1. The standard InChI is InChI=1S/C13H25N/c1-10-12(8-9-13(10)14-2)11-6-4-3-5-7-11/h10-14H,3-9H2,1-2H3. The van der Waals surface area contributed by atoms with Crippen LogP contribution in [0.25, 0.3) is 0 Å². The summed E-state index contributed by atoms with van der Waals surface area (Å²) in [4.78, 5) is 0. The first kappa shape index (κ1) is 10.5. The molecule has 0 bridgehead atoms. The van der Waals surface area contributed by atoms with Gasteiger partial charge in [0.1, 0.15) is 0 Å². The Morgan fingerprint density at radius 3 is 2.21 bits per heavy atom. The van der Waals surface area contributed by atoms with Gasteiger partial charge in [-0.2, -0.15) is 0 Å². The van der Waals surface area contributed by atoms with Crippen molar-refractivity contribution >= 4 is 0 Å². The fourth-order valence-corrected chi connectivity index (χ4v) is 3.83. The van der Waals surface area contributed by atoms with Gasteiger partial charge in [0.15, 0.2) is 0 Å². The van der Waals surface area contributed by atoms with Gasteiger partial charge in [-0.25, -0.2) is 0 Å². The van der Waals surface area contributed by atoms with E-state index in [0.717, 1.165) is 23.8 Å². The predicted molar refractivity (Wildman–Crippen MR) is 61.3 cm³/mol. The Kier molecular flexibility index (Phi) is 3.48. The molecule has 2 saturated carbocycles. The van der Waals surface area contributed by atoms with Gasteiger partial charge in [-0.05, 0) is 37.6 Å². The van der Waals surface area contributed by atoms with Crippen LogP contribution in [0.1, 0.15) is 51.9 Å². The van der Waals surface area contributed by atoms with Crippen LogP contribution in [0.5, 0.6) is 0 Å². The number of hydrogen-bond donors (Lipinski definition) is 1. The zero-order valence-electron chi connectivity index (χ0n) is 9.76. The fourth-order valence-electron chi connectivity index (χ4n) is 3.83. The summed E-state index contributed by atoms with van der Waals surface area (Å²) in [6, 6.07) is 0.807. The van der Waals surface area contributed by atoms with Crippen molar-refractivity contribution in [2.45, 2.75) is 57.9 Å². The molecule has 0 spiro atoms. The lowest BCUT2D eigenvalue weighted by atomic mass is 9.75. The first-order valence-corrected chi connectivity index (χ1v) is 6.50. The Morgan fingerprint density at radius 1 is 0.929 bits per heavy atom. The minimum Gasteiger partial charge on any atom is -0.317 e. The predicted octanol–water partition coefficient (Wildman–Crippen LogP) is 3.20. The Balaban J connectivity index is 1.91. The molecular formula is C13H25N. The van der Waals surface area contributed by atoms with Gasteiger partial charge >= 0.3 is 0 Å². The summed E-state index contributed by atoms with van der Waals surface area (Å²) in [7, 11) is 2.13. The van der Waals surface area contributed by atoms with E-state index in [9.17, 15) is 0 Å².